The molecule has 0 fully saturated rings. The Morgan fingerprint density at radius 2 is 2.04 bits per heavy atom. The molecule has 0 bridgehead atoms. The zero-order valence-corrected chi connectivity index (χ0v) is 13.9. The molecule has 6 heteroatoms. The summed E-state index contributed by atoms with van der Waals surface area (Å²) in [4.78, 5) is 12.0. The topological polar surface area (TPSA) is 96.3 Å². The van der Waals surface area contributed by atoms with E-state index in [1.165, 1.54) is 0 Å². The number of aromatic amines is 1. The van der Waals surface area contributed by atoms with Crippen molar-refractivity contribution in [3.63, 3.8) is 0 Å². The van der Waals surface area contributed by atoms with Crippen LogP contribution in [0.1, 0.15) is 11.4 Å². The first-order valence-electron chi connectivity index (χ1n) is 7.86. The Morgan fingerprint density at radius 3 is 2.76 bits per heavy atom. The second-order valence-electron chi connectivity index (χ2n) is 5.92. The molecule has 122 valence electrons. The molecule has 6 nitrogen and oxygen atoms in total. The van der Waals surface area contributed by atoms with Crippen LogP contribution in [0.2, 0.25) is 0 Å². The standard InChI is InChI=1S/C19H16N6/c1-11-22-10-18(25(11)2)13-7-17(24-19(21)14(13)8-20)15-9-23-16-6-4-3-5-12(15)16/h3-7,9-10,23H,1-2H3,(H2,21,24). The third-order valence-electron chi connectivity index (χ3n) is 4.52. The summed E-state index contributed by atoms with van der Waals surface area (Å²) in [6.45, 7) is 1.92. The predicted molar refractivity (Wildman–Crippen MR) is 97.6 cm³/mol. The summed E-state index contributed by atoms with van der Waals surface area (Å²) in [5, 5.41) is 10.6. The van der Waals surface area contributed by atoms with E-state index in [4.69, 9.17) is 5.73 Å². The quantitative estimate of drug-likeness (QED) is 0.589. The van der Waals surface area contributed by atoms with Gasteiger partial charge in [-0.2, -0.15) is 5.26 Å². The van der Waals surface area contributed by atoms with Gasteiger partial charge in [-0.05, 0) is 19.1 Å². The predicted octanol–water partition coefficient (Wildman–Crippen LogP) is 3.39. The maximum Gasteiger partial charge on any atom is 0.142 e. The maximum absolute atomic E-state index is 9.55. The molecule has 0 aliphatic carbocycles. The Hall–Kier alpha value is -3.59. The lowest BCUT2D eigenvalue weighted by Crippen LogP contribution is -2.02. The average Bonchev–Trinajstić information content (AvgIpc) is 3.18. The van der Waals surface area contributed by atoms with E-state index in [0.717, 1.165) is 39.2 Å². The van der Waals surface area contributed by atoms with Crippen LogP contribution in [0.25, 0.3) is 33.4 Å². The van der Waals surface area contributed by atoms with Crippen LogP contribution in [0.3, 0.4) is 0 Å². The van der Waals surface area contributed by atoms with E-state index in [0.29, 0.717) is 5.56 Å². The molecular formula is C19H16N6. The molecular weight excluding hydrogens is 312 g/mol. The van der Waals surface area contributed by atoms with Crippen LogP contribution in [0.15, 0.2) is 42.7 Å². The van der Waals surface area contributed by atoms with E-state index >= 15 is 0 Å². The van der Waals surface area contributed by atoms with Crippen molar-refractivity contribution in [2.24, 2.45) is 7.05 Å². The fraction of sp³-hybridized carbons (Fsp3) is 0.105. The molecule has 0 radical (unpaired) electrons. The number of fused-ring (bicyclic) bond motifs is 1. The Morgan fingerprint density at radius 1 is 1.24 bits per heavy atom. The molecule has 3 N–H and O–H groups in total. The number of imidazole rings is 1. The molecule has 1 aromatic carbocycles. The average molecular weight is 328 g/mol. The molecule has 0 saturated carbocycles. The van der Waals surface area contributed by atoms with E-state index in [-0.39, 0.29) is 5.82 Å². The molecule has 4 rings (SSSR count). The summed E-state index contributed by atoms with van der Waals surface area (Å²) < 4.78 is 1.94. The van der Waals surface area contributed by atoms with Crippen molar-refractivity contribution in [2.75, 3.05) is 5.73 Å². The van der Waals surface area contributed by atoms with Gasteiger partial charge < -0.3 is 15.3 Å². The van der Waals surface area contributed by atoms with Crippen molar-refractivity contribution in [1.82, 2.24) is 19.5 Å². The Kier molecular flexibility index (Phi) is 3.29. The first-order chi connectivity index (χ1) is 12.1. The number of rotatable bonds is 2. The van der Waals surface area contributed by atoms with Crippen LogP contribution in [-0.2, 0) is 7.05 Å². The van der Waals surface area contributed by atoms with Crippen molar-refractivity contribution in [3.05, 3.63) is 54.1 Å². The van der Waals surface area contributed by atoms with E-state index in [1.54, 1.807) is 6.20 Å². The molecule has 3 heterocycles. The highest BCUT2D eigenvalue weighted by Gasteiger charge is 2.18. The first kappa shape index (κ1) is 15.0. The third kappa shape index (κ3) is 2.25. The number of H-pyrrole nitrogens is 1. The van der Waals surface area contributed by atoms with Crippen molar-refractivity contribution in [1.29, 1.82) is 5.26 Å². The molecule has 0 unspecified atom stereocenters. The van der Waals surface area contributed by atoms with E-state index in [9.17, 15) is 5.26 Å². The van der Waals surface area contributed by atoms with Crippen molar-refractivity contribution in [3.8, 4) is 28.6 Å². The second kappa shape index (κ2) is 5.49. The molecule has 0 atom stereocenters. The van der Waals surface area contributed by atoms with Crippen LogP contribution in [0, 0.1) is 18.3 Å². The highest BCUT2D eigenvalue weighted by Crippen LogP contribution is 2.34. The van der Waals surface area contributed by atoms with Gasteiger partial charge in [0.1, 0.15) is 23.3 Å². The fourth-order valence-corrected chi connectivity index (χ4v) is 3.06. The van der Waals surface area contributed by atoms with Crippen molar-refractivity contribution in [2.45, 2.75) is 6.92 Å². The molecule has 0 aliphatic rings. The number of aromatic nitrogens is 4. The van der Waals surface area contributed by atoms with Crippen LogP contribution >= 0.6 is 0 Å². The summed E-state index contributed by atoms with van der Waals surface area (Å²) in [5.74, 6) is 1.09. The largest absolute Gasteiger partial charge is 0.383 e. The number of para-hydroxylation sites is 1. The number of nitriles is 1. The number of aryl methyl sites for hydroxylation is 1. The number of hydrogen-bond acceptors (Lipinski definition) is 4. The van der Waals surface area contributed by atoms with Gasteiger partial charge >= 0.3 is 0 Å². The van der Waals surface area contributed by atoms with Crippen LogP contribution in [-0.4, -0.2) is 19.5 Å². The van der Waals surface area contributed by atoms with Gasteiger partial charge in [0.15, 0.2) is 0 Å². The van der Waals surface area contributed by atoms with Gasteiger partial charge in [-0.25, -0.2) is 9.97 Å². The van der Waals surface area contributed by atoms with Gasteiger partial charge in [-0.1, -0.05) is 18.2 Å². The summed E-state index contributed by atoms with van der Waals surface area (Å²) >= 11 is 0. The highest BCUT2D eigenvalue weighted by molar-refractivity contribution is 5.95. The lowest BCUT2D eigenvalue weighted by atomic mass is 10.0. The Bertz CT molecular complexity index is 1140. The minimum absolute atomic E-state index is 0.221. The summed E-state index contributed by atoms with van der Waals surface area (Å²) in [7, 11) is 1.92. The molecule has 0 saturated heterocycles. The zero-order valence-electron chi connectivity index (χ0n) is 13.9. The summed E-state index contributed by atoms with van der Waals surface area (Å²) in [5.41, 5.74) is 10.7. The molecule has 0 spiro atoms. The number of pyridine rings is 1. The lowest BCUT2D eigenvalue weighted by Gasteiger charge is -2.10. The monoisotopic (exact) mass is 328 g/mol. The smallest absolute Gasteiger partial charge is 0.142 e. The van der Waals surface area contributed by atoms with Crippen molar-refractivity contribution >= 4 is 16.7 Å². The Balaban J connectivity index is 2.00. The van der Waals surface area contributed by atoms with Gasteiger partial charge in [-0.15, -0.1) is 0 Å². The van der Waals surface area contributed by atoms with Crippen LogP contribution < -0.4 is 5.73 Å². The number of nitrogen functional groups attached to an aromatic ring is 1. The first-order valence-corrected chi connectivity index (χ1v) is 7.86. The van der Waals surface area contributed by atoms with Gasteiger partial charge in [-0.3, -0.25) is 0 Å². The van der Waals surface area contributed by atoms with Crippen molar-refractivity contribution < 1.29 is 0 Å². The Labute approximate surface area is 144 Å². The normalized spacial score (nSPS) is 10.9. The third-order valence-corrected chi connectivity index (χ3v) is 4.52. The number of nitrogens with two attached hydrogens (primary N) is 1. The number of nitrogens with zero attached hydrogens (tertiary/aromatic N) is 4. The zero-order chi connectivity index (χ0) is 17.6. The molecule has 3 aromatic heterocycles. The molecule has 0 aliphatic heterocycles. The minimum atomic E-state index is 0.221. The van der Waals surface area contributed by atoms with Gasteiger partial charge in [0.25, 0.3) is 0 Å². The number of nitrogens with one attached hydrogen (secondary N) is 1. The van der Waals surface area contributed by atoms with Gasteiger partial charge in [0.2, 0.25) is 0 Å². The maximum atomic E-state index is 9.55. The fourth-order valence-electron chi connectivity index (χ4n) is 3.06. The SMILES string of the molecule is Cc1ncc(-c2cc(-c3c[nH]c4ccccc34)nc(N)c2C#N)n1C. The van der Waals surface area contributed by atoms with E-state index < -0.39 is 0 Å². The van der Waals surface area contributed by atoms with Crippen LogP contribution in [0.4, 0.5) is 5.82 Å². The van der Waals surface area contributed by atoms with Gasteiger partial charge in [0.05, 0.1) is 17.6 Å². The number of anilines is 1. The van der Waals surface area contributed by atoms with Gasteiger partial charge in [0, 0.05) is 35.3 Å². The second-order valence-corrected chi connectivity index (χ2v) is 5.92. The van der Waals surface area contributed by atoms with E-state index in [2.05, 4.69) is 21.0 Å². The molecule has 0 amide bonds. The minimum Gasteiger partial charge on any atom is -0.383 e. The number of benzene rings is 1. The molecule has 25 heavy (non-hydrogen) atoms. The molecule has 4 aromatic rings. The highest BCUT2D eigenvalue weighted by atomic mass is 15.1. The summed E-state index contributed by atoms with van der Waals surface area (Å²) in [6.07, 6.45) is 3.67. The summed E-state index contributed by atoms with van der Waals surface area (Å²) in [6, 6.07) is 12.1. The number of hydrogen-bond donors (Lipinski definition) is 2. The van der Waals surface area contributed by atoms with E-state index in [1.807, 2.05) is 55.1 Å². The lowest BCUT2D eigenvalue weighted by molar-refractivity contribution is 0.864. The van der Waals surface area contributed by atoms with Crippen LogP contribution in [0.5, 0.6) is 0 Å².